The lowest BCUT2D eigenvalue weighted by Crippen LogP contribution is -2.36. The maximum absolute atomic E-state index is 13.6. The summed E-state index contributed by atoms with van der Waals surface area (Å²) in [5.74, 6) is -2.84. The van der Waals surface area contributed by atoms with Gasteiger partial charge >= 0.3 is 12.1 Å². The molecule has 0 aliphatic heterocycles. The van der Waals surface area contributed by atoms with Gasteiger partial charge in [-0.1, -0.05) is 5.16 Å². The van der Waals surface area contributed by atoms with Gasteiger partial charge in [-0.2, -0.15) is 0 Å². The van der Waals surface area contributed by atoms with Crippen molar-refractivity contribution in [1.29, 1.82) is 0 Å². The van der Waals surface area contributed by atoms with E-state index in [4.69, 9.17) is 4.52 Å². The van der Waals surface area contributed by atoms with Gasteiger partial charge in [-0.15, -0.1) is 24.5 Å². The zero-order valence-corrected chi connectivity index (χ0v) is 18.1. The molecule has 0 bridgehead atoms. The van der Waals surface area contributed by atoms with Crippen LogP contribution in [-0.2, 0) is 25.3 Å². The monoisotopic (exact) mass is 499 g/mol. The third-order valence-corrected chi connectivity index (χ3v) is 5.43. The predicted octanol–water partition coefficient (Wildman–Crippen LogP) is 2.57. The van der Waals surface area contributed by atoms with E-state index < -0.39 is 35.1 Å². The highest BCUT2D eigenvalue weighted by atomic mass is 32.1. The fourth-order valence-electron chi connectivity index (χ4n) is 3.09. The van der Waals surface area contributed by atoms with E-state index in [-0.39, 0.29) is 39.6 Å². The van der Waals surface area contributed by atoms with Crippen molar-refractivity contribution < 1.29 is 31.6 Å². The molecule has 0 saturated carbocycles. The van der Waals surface area contributed by atoms with Crippen molar-refractivity contribution in [3.8, 4) is 17.0 Å². The number of aromatic nitrogens is 4. The minimum atomic E-state index is -5.07. The summed E-state index contributed by atoms with van der Waals surface area (Å²) in [6.45, 7) is 0. The third-order valence-electron chi connectivity index (χ3n) is 4.67. The van der Waals surface area contributed by atoms with Crippen LogP contribution in [0.5, 0.6) is 5.75 Å². The number of benzene rings is 1. The second-order valence-electron chi connectivity index (χ2n) is 6.97. The lowest BCUT2D eigenvalue weighted by molar-refractivity contribution is -0.275. The van der Waals surface area contributed by atoms with E-state index in [1.165, 1.54) is 25.5 Å². The number of fused-ring (bicyclic) bond motifs is 1. The van der Waals surface area contributed by atoms with Crippen LogP contribution in [0.25, 0.3) is 22.4 Å². The van der Waals surface area contributed by atoms with Gasteiger partial charge in [0.2, 0.25) is 11.6 Å². The van der Waals surface area contributed by atoms with Crippen LogP contribution in [0.1, 0.15) is 5.69 Å². The predicted molar refractivity (Wildman–Crippen MR) is 111 cm³/mol. The molecule has 0 spiro atoms. The Balaban J connectivity index is 1.54. The highest BCUT2D eigenvalue weighted by molar-refractivity contribution is 7.14. The smallest absolute Gasteiger partial charge is 0.403 e. The normalized spacial score (nSPS) is 11.7. The summed E-state index contributed by atoms with van der Waals surface area (Å²) in [4.78, 5) is 41.0. The van der Waals surface area contributed by atoms with Gasteiger partial charge in [0.15, 0.2) is 16.7 Å². The molecular weight excluding hydrogens is 486 g/mol. The Morgan fingerprint density at radius 3 is 2.68 bits per heavy atom. The molecule has 0 saturated heterocycles. The van der Waals surface area contributed by atoms with E-state index in [0.29, 0.717) is 0 Å². The van der Waals surface area contributed by atoms with Crippen molar-refractivity contribution in [1.82, 2.24) is 19.3 Å². The van der Waals surface area contributed by atoms with Gasteiger partial charge in [0.05, 0.1) is 12.1 Å². The summed E-state index contributed by atoms with van der Waals surface area (Å²) in [5, 5.41) is 7.71. The number of anilines is 1. The summed E-state index contributed by atoms with van der Waals surface area (Å²) < 4.78 is 61.6. The number of rotatable bonds is 5. The summed E-state index contributed by atoms with van der Waals surface area (Å²) in [6, 6.07) is 2.85. The number of halogens is 4. The number of nitrogens with one attached hydrogen (secondary N) is 1. The van der Waals surface area contributed by atoms with Crippen LogP contribution in [0.4, 0.5) is 22.7 Å². The highest BCUT2D eigenvalue weighted by Crippen LogP contribution is 2.32. The van der Waals surface area contributed by atoms with Crippen molar-refractivity contribution in [2.45, 2.75) is 12.8 Å². The number of carbonyl (C=O) groups is 1. The topological polar surface area (TPSA) is 121 Å². The molecule has 15 heteroatoms. The average Bonchev–Trinajstić information content (AvgIpc) is 3.38. The Kier molecular flexibility index (Phi) is 5.72. The first-order chi connectivity index (χ1) is 15.9. The molecule has 4 aromatic rings. The second-order valence-corrected chi connectivity index (χ2v) is 7.83. The summed E-state index contributed by atoms with van der Waals surface area (Å²) in [5.41, 5.74) is -1.07. The van der Waals surface area contributed by atoms with Crippen LogP contribution < -0.4 is 21.3 Å². The molecule has 4 rings (SSSR count). The second kappa shape index (κ2) is 8.40. The first-order valence-electron chi connectivity index (χ1n) is 9.30. The first kappa shape index (κ1) is 23.2. The van der Waals surface area contributed by atoms with E-state index in [9.17, 15) is 31.9 Å². The number of nitrogens with zero attached hydrogens (tertiary/aromatic N) is 4. The van der Waals surface area contributed by atoms with Gasteiger partial charge in [-0.05, 0) is 18.2 Å². The van der Waals surface area contributed by atoms with Crippen molar-refractivity contribution in [2.24, 2.45) is 14.1 Å². The van der Waals surface area contributed by atoms with Crippen molar-refractivity contribution in [3.63, 3.8) is 0 Å². The standard InChI is InChI=1S/C19H13F4N5O5S/c1-27-15(30)14-10(26-33-16(14)28(2)18(27)31)6-13(29)25-17-24-11(7-34-17)8-3-4-9(20)12(5-8)32-19(21,22)23/h3-5,7H,6H2,1-2H3,(H,24,25,29). The van der Waals surface area contributed by atoms with Crippen molar-refractivity contribution in [3.05, 3.63) is 55.9 Å². The Labute approximate surface area is 190 Å². The largest absolute Gasteiger partial charge is 0.573 e. The molecule has 3 heterocycles. The maximum Gasteiger partial charge on any atom is 0.573 e. The van der Waals surface area contributed by atoms with E-state index in [2.05, 4.69) is 20.2 Å². The molecule has 0 unspecified atom stereocenters. The number of thiazole rings is 1. The number of hydrogen-bond acceptors (Lipinski definition) is 8. The van der Waals surface area contributed by atoms with Gasteiger partial charge in [0, 0.05) is 25.0 Å². The minimum absolute atomic E-state index is 0.00737. The van der Waals surface area contributed by atoms with E-state index >= 15 is 0 Å². The molecule has 0 fully saturated rings. The molecule has 0 atom stereocenters. The number of carbonyl (C=O) groups excluding carboxylic acids is 1. The summed E-state index contributed by atoms with van der Waals surface area (Å²) in [7, 11) is 2.66. The van der Waals surface area contributed by atoms with Gasteiger partial charge in [-0.25, -0.2) is 14.2 Å². The van der Waals surface area contributed by atoms with Crippen LogP contribution in [-0.4, -0.2) is 31.5 Å². The number of hydrogen-bond donors (Lipinski definition) is 1. The third kappa shape index (κ3) is 4.41. The van der Waals surface area contributed by atoms with Gasteiger partial charge in [0.1, 0.15) is 11.1 Å². The van der Waals surface area contributed by atoms with Crippen LogP contribution >= 0.6 is 11.3 Å². The minimum Gasteiger partial charge on any atom is -0.403 e. The molecule has 0 radical (unpaired) electrons. The molecule has 1 aromatic carbocycles. The first-order valence-corrected chi connectivity index (χ1v) is 10.2. The van der Waals surface area contributed by atoms with Gasteiger partial charge in [-0.3, -0.25) is 18.7 Å². The zero-order valence-electron chi connectivity index (χ0n) is 17.3. The van der Waals surface area contributed by atoms with Crippen molar-refractivity contribution >= 4 is 33.5 Å². The Bertz CT molecular complexity index is 1530. The highest BCUT2D eigenvalue weighted by Gasteiger charge is 2.32. The fourth-order valence-corrected chi connectivity index (χ4v) is 3.82. The molecule has 3 aromatic heterocycles. The SMILES string of the molecule is Cn1c(=O)c2c(CC(=O)Nc3nc(-c4ccc(F)c(OC(F)(F)F)c4)cs3)noc2n(C)c1=O. The van der Waals surface area contributed by atoms with Gasteiger partial charge in [0.25, 0.3) is 5.56 Å². The molecule has 1 amide bonds. The average molecular weight is 499 g/mol. The lowest BCUT2D eigenvalue weighted by Gasteiger charge is -2.10. The molecule has 178 valence electrons. The lowest BCUT2D eigenvalue weighted by atomic mass is 10.1. The Morgan fingerprint density at radius 2 is 1.97 bits per heavy atom. The molecule has 10 nitrogen and oxygen atoms in total. The Morgan fingerprint density at radius 1 is 1.24 bits per heavy atom. The zero-order chi connectivity index (χ0) is 24.8. The molecular formula is C19H13F4N5O5S. The van der Waals surface area contributed by atoms with Crippen LogP contribution in [0, 0.1) is 5.82 Å². The number of amides is 1. The fraction of sp³-hybridized carbons (Fsp3) is 0.211. The summed E-state index contributed by atoms with van der Waals surface area (Å²) in [6.07, 6.45) is -5.45. The number of alkyl halides is 3. The van der Waals surface area contributed by atoms with Gasteiger partial charge < -0.3 is 14.6 Å². The van der Waals surface area contributed by atoms with E-state index in [0.717, 1.165) is 32.6 Å². The van der Waals surface area contributed by atoms with Crippen LogP contribution in [0.3, 0.4) is 0 Å². The van der Waals surface area contributed by atoms with E-state index in [1.54, 1.807) is 0 Å². The molecule has 1 N–H and O–H groups in total. The molecule has 0 aliphatic rings. The van der Waals surface area contributed by atoms with Crippen LogP contribution in [0.15, 0.2) is 37.7 Å². The quantitative estimate of drug-likeness (QED) is 0.419. The van der Waals surface area contributed by atoms with Crippen molar-refractivity contribution in [2.75, 3.05) is 5.32 Å². The summed E-state index contributed by atoms with van der Waals surface area (Å²) >= 11 is 0.967. The number of aryl methyl sites for hydroxylation is 1. The Hall–Kier alpha value is -4.01. The van der Waals surface area contributed by atoms with Crippen LogP contribution in [0.2, 0.25) is 0 Å². The van der Waals surface area contributed by atoms with E-state index in [1.807, 2.05) is 0 Å². The molecule has 0 aliphatic carbocycles. The number of ether oxygens (including phenoxy) is 1. The molecule has 34 heavy (non-hydrogen) atoms. The maximum atomic E-state index is 13.6.